The Bertz CT molecular complexity index is 1580. The van der Waals surface area contributed by atoms with Gasteiger partial charge < -0.3 is 10.2 Å². The molecule has 4 aromatic carbocycles. The molecule has 2 aliphatic rings. The van der Waals surface area contributed by atoms with Gasteiger partial charge in [0.15, 0.2) is 5.75 Å². The first-order valence-electron chi connectivity index (χ1n) is 15.0. The summed E-state index contributed by atoms with van der Waals surface area (Å²) in [4.78, 5) is 19.3. The average Bonchev–Trinajstić information content (AvgIpc) is 3.76. The van der Waals surface area contributed by atoms with Crippen LogP contribution in [0.15, 0.2) is 103 Å². The van der Waals surface area contributed by atoms with E-state index in [0.29, 0.717) is 30.5 Å². The van der Waals surface area contributed by atoms with Crippen molar-refractivity contribution in [2.24, 2.45) is 5.92 Å². The third kappa shape index (κ3) is 5.48. The minimum Gasteiger partial charge on any atom is -0.337 e. The molecule has 0 saturated carbocycles. The van der Waals surface area contributed by atoms with E-state index in [1.165, 1.54) is 17.5 Å². The number of nitrogens with zero attached hydrogens (tertiary/aromatic N) is 2. The third-order valence-electron chi connectivity index (χ3n) is 8.66. The number of thiazole rings is 1. The molecule has 7 rings (SSSR count). The SMILES string of the molecule is CC(C)OOc1cc2sc(-c3ccccc3)nc2cc1CN[C@@H]1[C@@H]2CCN(C2)[C@@H]1C(c1ccccc1)c1ccccc1. The van der Waals surface area contributed by atoms with E-state index >= 15 is 0 Å². The second-order valence-corrected chi connectivity index (χ2v) is 12.8. The lowest BCUT2D eigenvalue weighted by Crippen LogP contribution is -2.50. The fourth-order valence-electron chi connectivity index (χ4n) is 6.79. The Balaban J connectivity index is 1.21. The molecule has 0 radical (unpaired) electrons. The van der Waals surface area contributed by atoms with Crippen molar-refractivity contribution in [1.29, 1.82) is 0 Å². The summed E-state index contributed by atoms with van der Waals surface area (Å²) in [5, 5.41) is 5.04. The van der Waals surface area contributed by atoms with Crippen molar-refractivity contribution in [3.8, 4) is 16.3 Å². The minimum atomic E-state index is -0.0388. The van der Waals surface area contributed by atoms with E-state index in [4.69, 9.17) is 14.8 Å². The van der Waals surface area contributed by atoms with Crippen molar-refractivity contribution in [3.05, 3.63) is 120 Å². The van der Waals surface area contributed by atoms with E-state index in [9.17, 15) is 0 Å². The highest BCUT2D eigenvalue weighted by molar-refractivity contribution is 7.21. The molecule has 2 bridgehead atoms. The van der Waals surface area contributed by atoms with Crippen molar-refractivity contribution < 1.29 is 9.78 Å². The Morgan fingerprint density at radius 2 is 1.57 bits per heavy atom. The molecule has 1 unspecified atom stereocenters. The zero-order valence-corrected chi connectivity index (χ0v) is 25.0. The molecule has 5 aromatic rings. The number of piperidine rings is 1. The van der Waals surface area contributed by atoms with Gasteiger partial charge in [0, 0.05) is 48.3 Å². The Morgan fingerprint density at radius 1 is 0.905 bits per heavy atom. The molecular formula is C36H37N3O2S. The van der Waals surface area contributed by atoms with Crippen LogP contribution in [-0.4, -0.2) is 41.2 Å². The molecule has 2 aliphatic heterocycles. The average molecular weight is 576 g/mol. The smallest absolute Gasteiger partial charge is 0.171 e. The summed E-state index contributed by atoms with van der Waals surface area (Å²) in [5.41, 5.74) is 5.94. The Kier molecular flexibility index (Phi) is 7.78. The number of hydrogen-bond acceptors (Lipinski definition) is 6. The lowest BCUT2D eigenvalue weighted by Gasteiger charge is -2.39. The van der Waals surface area contributed by atoms with Crippen molar-refractivity contribution in [1.82, 2.24) is 15.2 Å². The maximum absolute atomic E-state index is 5.94. The first kappa shape index (κ1) is 27.3. The molecule has 2 fully saturated rings. The number of nitrogens with one attached hydrogen (secondary N) is 1. The van der Waals surface area contributed by atoms with E-state index in [2.05, 4.69) is 107 Å². The maximum atomic E-state index is 5.94. The lowest BCUT2D eigenvalue weighted by atomic mass is 9.78. The van der Waals surface area contributed by atoms with Crippen LogP contribution < -0.4 is 10.2 Å². The number of aromatic nitrogens is 1. The Labute approximate surface area is 252 Å². The van der Waals surface area contributed by atoms with Gasteiger partial charge in [-0.1, -0.05) is 91.0 Å². The van der Waals surface area contributed by atoms with Gasteiger partial charge in [-0.15, -0.1) is 11.3 Å². The van der Waals surface area contributed by atoms with Crippen LogP contribution in [0.2, 0.25) is 0 Å². The molecule has 2 saturated heterocycles. The zero-order valence-electron chi connectivity index (χ0n) is 24.1. The van der Waals surface area contributed by atoms with Gasteiger partial charge in [0.05, 0.1) is 16.3 Å². The van der Waals surface area contributed by atoms with E-state index in [1.807, 2.05) is 19.9 Å². The number of benzene rings is 4. The van der Waals surface area contributed by atoms with E-state index in [-0.39, 0.29) is 6.10 Å². The summed E-state index contributed by atoms with van der Waals surface area (Å²) in [7, 11) is 0. The molecule has 0 aliphatic carbocycles. The Morgan fingerprint density at radius 3 is 2.24 bits per heavy atom. The number of hydrogen-bond donors (Lipinski definition) is 1. The quantitative estimate of drug-likeness (QED) is 0.137. The van der Waals surface area contributed by atoms with Gasteiger partial charge in [-0.3, -0.25) is 4.90 Å². The summed E-state index contributed by atoms with van der Waals surface area (Å²) in [5.74, 6) is 1.67. The summed E-state index contributed by atoms with van der Waals surface area (Å²) in [6, 6.07) is 37.4. The number of rotatable bonds is 10. The van der Waals surface area contributed by atoms with Crippen LogP contribution in [-0.2, 0) is 11.4 Å². The van der Waals surface area contributed by atoms with Crippen LogP contribution in [0.5, 0.6) is 5.75 Å². The maximum Gasteiger partial charge on any atom is 0.171 e. The predicted molar refractivity (Wildman–Crippen MR) is 171 cm³/mol. The van der Waals surface area contributed by atoms with Crippen LogP contribution in [0.4, 0.5) is 0 Å². The predicted octanol–water partition coefficient (Wildman–Crippen LogP) is 7.68. The fraction of sp³-hybridized carbons (Fsp3) is 0.306. The molecular weight excluding hydrogens is 538 g/mol. The first-order chi connectivity index (χ1) is 20.6. The van der Waals surface area contributed by atoms with E-state index in [1.54, 1.807) is 11.3 Å². The third-order valence-corrected chi connectivity index (χ3v) is 9.73. The van der Waals surface area contributed by atoms with Gasteiger partial charge in [-0.25, -0.2) is 4.98 Å². The minimum absolute atomic E-state index is 0.0388. The standard InChI is InChI=1S/C36H37N3O2S/c1-24(2)40-41-31-21-32-30(38-36(42-32)27-16-10-5-11-17-27)20-29(31)22-37-34-28-18-19-39(23-28)35(34)33(25-12-6-3-7-13-25)26-14-8-4-9-15-26/h3-17,20-21,24,28,33-35,37H,18-19,22-23H2,1-2H3/t28-,34-,35-/m1/s1. The van der Waals surface area contributed by atoms with Crippen LogP contribution in [0.3, 0.4) is 0 Å². The van der Waals surface area contributed by atoms with Crippen molar-refractivity contribution >= 4 is 21.6 Å². The van der Waals surface area contributed by atoms with E-state index in [0.717, 1.165) is 45.2 Å². The molecule has 3 heterocycles. The van der Waals surface area contributed by atoms with Crippen molar-refractivity contribution in [2.45, 2.75) is 50.9 Å². The van der Waals surface area contributed by atoms with Crippen LogP contribution in [0.1, 0.15) is 42.9 Å². The van der Waals surface area contributed by atoms with Gasteiger partial charge in [-0.2, -0.15) is 4.89 Å². The molecule has 0 amide bonds. The second kappa shape index (κ2) is 12.0. The van der Waals surface area contributed by atoms with Crippen molar-refractivity contribution in [2.75, 3.05) is 13.1 Å². The largest absolute Gasteiger partial charge is 0.337 e. The Hall–Kier alpha value is -3.55. The molecule has 5 nitrogen and oxygen atoms in total. The highest BCUT2D eigenvalue weighted by Crippen LogP contribution is 2.43. The van der Waals surface area contributed by atoms with Crippen LogP contribution in [0, 0.1) is 5.92 Å². The van der Waals surface area contributed by atoms with E-state index < -0.39 is 0 Å². The van der Waals surface area contributed by atoms with Gasteiger partial charge in [-0.05, 0) is 49.9 Å². The number of fused-ring (bicyclic) bond motifs is 3. The molecule has 0 spiro atoms. The summed E-state index contributed by atoms with van der Waals surface area (Å²) >= 11 is 1.69. The zero-order chi connectivity index (χ0) is 28.5. The van der Waals surface area contributed by atoms with Crippen molar-refractivity contribution in [3.63, 3.8) is 0 Å². The molecule has 1 N–H and O–H groups in total. The molecule has 6 heteroatoms. The normalized spacial score (nSPS) is 21.5. The summed E-state index contributed by atoms with van der Waals surface area (Å²) in [6.07, 6.45) is 1.19. The molecule has 42 heavy (non-hydrogen) atoms. The summed E-state index contributed by atoms with van der Waals surface area (Å²) < 4.78 is 1.09. The molecule has 1 aromatic heterocycles. The molecule has 214 valence electrons. The lowest BCUT2D eigenvalue weighted by molar-refractivity contribution is -0.235. The van der Waals surface area contributed by atoms with Crippen LogP contribution in [0.25, 0.3) is 20.8 Å². The molecule has 4 atom stereocenters. The second-order valence-electron chi connectivity index (χ2n) is 11.8. The first-order valence-corrected chi connectivity index (χ1v) is 15.9. The topological polar surface area (TPSA) is 46.6 Å². The van der Waals surface area contributed by atoms with Gasteiger partial charge in [0.2, 0.25) is 0 Å². The highest BCUT2D eigenvalue weighted by atomic mass is 32.1. The monoisotopic (exact) mass is 575 g/mol. The van der Waals surface area contributed by atoms with Gasteiger partial charge >= 0.3 is 0 Å². The van der Waals surface area contributed by atoms with Gasteiger partial charge in [0.25, 0.3) is 0 Å². The fourth-order valence-corrected chi connectivity index (χ4v) is 7.77. The summed E-state index contributed by atoms with van der Waals surface area (Å²) in [6.45, 7) is 6.96. The van der Waals surface area contributed by atoms with Gasteiger partial charge in [0.1, 0.15) is 5.01 Å². The highest BCUT2D eigenvalue weighted by Gasteiger charge is 2.49. The van der Waals surface area contributed by atoms with Crippen LogP contribution >= 0.6 is 11.3 Å².